The van der Waals surface area contributed by atoms with Crippen molar-refractivity contribution in [2.75, 3.05) is 25.0 Å². The maximum Gasteiger partial charge on any atom is 0.416 e. The van der Waals surface area contributed by atoms with E-state index in [9.17, 15) is 13.2 Å². The van der Waals surface area contributed by atoms with Crippen LogP contribution in [-0.2, 0) is 6.18 Å². The Hall–Kier alpha value is -1.74. The molecule has 0 aliphatic carbocycles. The lowest BCUT2D eigenvalue weighted by atomic mass is 10.0. The van der Waals surface area contributed by atoms with Crippen LogP contribution in [0.1, 0.15) is 25.0 Å². The molecule has 0 aromatic heterocycles. The molecule has 21 heavy (non-hydrogen) atoms. The second-order valence-electron chi connectivity index (χ2n) is 5.61. The van der Waals surface area contributed by atoms with Crippen molar-refractivity contribution in [1.29, 1.82) is 5.26 Å². The zero-order chi connectivity index (χ0) is 15.8. The van der Waals surface area contributed by atoms with Crippen LogP contribution in [-0.4, -0.2) is 37.1 Å². The van der Waals surface area contributed by atoms with Crippen LogP contribution in [0, 0.1) is 11.3 Å². The lowest BCUT2D eigenvalue weighted by molar-refractivity contribution is -0.137. The van der Waals surface area contributed by atoms with E-state index in [1.165, 1.54) is 6.07 Å². The number of anilines is 1. The highest BCUT2D eigenvalue weighted by atomic mass is 19.4. The molecule has 114 valence electrons. The first-order valence-corrected chi connectivity index (χ1v) is 6.82. The van der Waals surface area contributed by atoms with E-state index in [0.717, 1.165) is 12.1 Å². The summed E-state index contributed by atoms with van der Waals surface area (Å²) in [5.41, 5.74) is -0.121. The average molecular weight is 297 g/mol. The van der Waals surface area contributed by atoms with Gasteiger partial charge in [-0.3, -0.25) is 4.90 Å². The summed E-state index contributed by atoms with van der Waals surface area (Å²) in [6.07, 6.45) is -4.42. The number of nitriles is 1. The summed E-state index contributed by atoms with van der Waals surface area (Å²) in [5.74, 6) is 0. The van der Waals surface area contributed by atoms with Gasteiger partial charge in [0.2, 0.25) is 0 Å². The Balaban J connectivity index is 2.35. The van der Waals surface area contributed by atoms with Gasteiger partial charge in [-0.15, -0.1) is 0 Å². The van der Waals surface area contributed by atoms with Gasteiger partial charge in [-0.25, -0.2) is 0 Å². The van der Waals surface area contributed by atoms with Crippen LogP contribution in [0.5, 0.6) is 0 Å². The number of piperazine rings is 1. The van der Waals surface area contributed by atoms with Gasteiger partial charge >= 0.3 is 6.18 Å². The summed E-state index contributed by atoms with van der Waals surface area (Å²) >= 11 is 0. The lowest BCUT2D eigenvalue weighted by Crippen LogP contribution is -2.55. The summed E-state index contributed by atoms with van der Waals surface area (Å²) in [4.78, 5) is 4.22. The third-order valence-corrected chi connectivity index (χ3v) is 4.14. The number of hydrogen-bond acceptors (Lipinski definition) is 3. The van der Waals surface area contributed by atoms with Gasteiger partial charge in [0.1, 0.15) is 6.07 Å². The van der Waals surface area contributed by atoms with Crippen LogP contribution in [0.2, 0.25) is 0 Å². The molecule has 3 nitrogen and oxygen atoms in total. The minimum absolute atomic E-state index is 0.0776. The highest BCUT2D eigenvalue weighted by molar-refractivity contribution is 5.61. The number of likely N-dealkylation sites (N-methyl/N-ethyl adjacent to an activating group) is 1. The molecular weight excluding hydrogens is 279 g/mol. The summed E-state index contributed by atoms with van der Waals surface area (Å²) in [7, 11) is 2.03. The number of halogens is 3. The number of benzene rings is 1. The van der Waals surface area contributed by atoms with E-state index < -0.39 is 11.7 Å². The smallest absolute Gasteiger partial charge is 0.367 e. The summed E-state index contributed by atoms with van der Waals surface area (Å²) in [6, 6.07) is 5.84. The Morgan fingerprint density at radius 1 is 1.19 bits per heavy atom. The summed E-state index contributed by atoms with van der Waals surface area (Å²) < 4.78 is 38.2. The van der Waals surface area contributed by atoms with Crippen molar-refractivity contribution in [3.63, 3.8) is 0 Å². The van der Waals surface area contributed by atoms with Gasteiger partial charge in [0.25, 0.3) is 0 Å². The Bertz CT molecular complexity index is 550. The Labute approximate surface area is 122 Å². The van der Waals surface area contributed by atoms with Crippen LogP contribution in [0.3, 0.4) is 0 Å². The van der Waals surface area contributed by atoms with E-state index in [0.29, 0.717) is 18.8 Å². The lowest BCUT2D eigenvalue weighted by Gasteiger charge is -2.43. The number of rotatable bonds is 1. The van der Waals surface area contributed by atoms with Gasteiger partial charge in [0.15, 0.2) is 0 Å². The molecule has 0 bridgehead atoms. The molecular formula is C15H18F3N3. The molecule has 6 heteroatoms. The molecule has 0 saturated carbocycles. The minimum Gasteiger partial charge on any atom is -0.367 e. The fraction of sp³-hybridized carbons (Fsp3) is 0.533. The van der Waals surface area contributed by atoms with E-state index in [2.05, 4.69) is 18.7 Å². The molecule has 1 fully saturated rings. The highest BCUT2D eigenvalue weighted by Crippen LogP contribution is 2.33. The summed E-state index contributed by atoms with van der Waals surface area (Å²) in [6.45, 7) is 5.53. The molecule has 1 saturated heterocycles. The van der Waals surface area contributed by atoms with Crippen LogP contribution < -0.4 is 4.90 Å². The first kappa shape index (κ1) is 15.6. The molecule has 1 heterocycles. The predicted octanol–water partition coefficient (Wildman–Crippen LogP) is 3.11. The van der Waals surface area contributed by atoms with Gasteiger partial charge in [0.05, 0.1) is 16.8 Å². The SMILES string of the molecule is CC1CN(c2ccc(C(F)(F)F)cc2C#N)CC(C)N1C. The van der Waals surface area contributed by atoms with Crippen molar-refractivity contribution in [1.82, 2.24) is 4.90 Å². The monoisotopic (exact) mass is 297 g/mol. The number of hydrogen-bond donors (Lipinski definition) is 0. The van der Waals surface area contributed by atoms with Gasteiger partial charge in [-0.05, 0) is 39.1 Å². The summed E-state index contributed by atoms with van der Waals surface area (Å²) in [5, 5.41) is 9.17. The predicted molar refractivity (Wildman–Crippen MR) is 75.1 cm³/mol. The van der Waals surface area contributed by atoms with E-state index in [-0.39, 0.29) is 17.6 Å². The molecule has 0 radical (unpaired) electrons. The topological polar surface area (TPSA) is 30.3 Å². The second kappa shape index (κ2) is 5.57. The van der Waals surface area contributed by atoms with Crippen molar-refractivity contribution in [2.24, 2.45) is 0 Å². The minimum atomic E-state index is -4.42. The normalized spacial score (nSPS) is 24.0. The molecule has 1 aliphatic rings. The first-order chi connectivity index (χ1) is 9.74. The molecule has 0 amide bonds. The van der Waals surface area contributed by atoms with Crippen molar-refractivity contribution in [3.05, 3.63) is 29.3 Å². The molecule has 0 spiro atoms. The maximum atomic E-state index is 12.7. The number of nitrogens with zero attached hydrogens (tertiary/aromatic N) is 3. The molecule has 1 aromatic carbocycles. The first-order valence-electron chi connectivity index (χ1n) is 6.82. The van der Waals surface area contributed by atoms with E-state index in [1.807, 2.05) is 18.0 Å². The molecule has 1 aromatic rings. The maximum absolute atomic E-state index is 12.7. The Kier molecular flexibility index (Phi) is 4.15. The molecule has 0 N–H and O–H groups in total. The third-order valence-electron chi connectivity index (χ3n) is 4.14. The van der Waals surface area contributed by atoms with Crippen molar-refractivity contribution in [3.8, 4) is 6.07 Å². The Morgan fingerprint density at radius 2 is 1.76 bits per heavy atom. The fourth-order valence-electron chi connectivity index (χ4n) is 2.68. The molecule has 1 aliphatic heterocycles. The van der Waals surface area contributed by atoms with E-state index in [1.54, 1.807) is 0 Å². The van der Waals surface area contributed by atoms with Gasteiger partial charge in [-0.1, -0.05) is 0 Å². The quantitative estimate of drug-likeness (QED) is 0.798. The van der Waals surface area contributed by atoms with Gasteiger partial charge in [-0.2, -0.15) is 18.4 Å². The van der Waals surface area contributed by atoms with Crippen molar-refractivity contribution < 1.29 is 13.2 Å². The zero-order valence-corrected chi connectivity index (χ0v) is 12.3. The molecule has 2 atom stereocenters. The number of alkyl halides is 3. The van der Waals surface area contributed by atoms with Crippen molar-refractivity contribution >= 4 is 5.69 Å². The van der Waals surface area contributed by atoms with E-state index >= 15 is 0 Å². The standard InChI is InChI=1S/C15H18F3N3/c1-10-8-21(9-11(2)20(10)3)14-5-4-13(15(16,17)18)6-12(14)7-19/h4-6,10-11H,8-9H2,1-3H3. The van der Waals surface area contributed by atoms with Crippen LogP contribution in [0.4, 0.5) is 18.9 Å². The fourth-order valence-corrected chi connectivity index (χ4v) is 2.68. The van der Waals surface area contributed by atoms with Crippen LogP contribution >= 0.6 is 0 Å². The Morgan fingerprint density at radius 3 is 2.24 bits per heavy atom. The second-order valence-corrected chi connectivity index (χ2v) is 5.61. The van der Waals surface area contributed by atoms with Crippen LogP contribution in [0.25, 0.3) is 0 Å². The zero-order valence-electron chi connectivity index (χ0n) is 12.3. The van der Waals surface area contributed by atoms with Gasteiger partial charge in [0, 0.05) is 25.2 Å². The highest BCUT2D eigenvalue weighted by Gasteiger charge is 2.32. The largest absolute Gasteiger partial charge is 0.416 e. The molecule has 2 unspecified atom stereocenters. The van der Waals surface area contributed by atoms with Crippen molar-refractivity contribution in [2.45, 2.75) is 32.1 Å². The third kappa shape index (κ3) is 3.13. The average Bonchev–Trinajstić information content (AvgIpc) is 2.42. The van der Waals surface area contributed by atoms with Crippen LogP contribution in [0.15, 0.2) is 18.2 Å². The van der Waals surface area contributed by atoms with E-state index in [4.69, 9.17) is 5.26 Å². The van der Waals surface area contributed by atoms with Gasteiger partial charge < -0.3 is 4.90 Å². The molecule has 2 rings (SSSR count).